The molecule has 1 aliphatic heterocycles. The second-order valence-electron chi connectivity index (χ2n) is 12.3. The van der Waals surface area contributed by atoms with Crippen molar-refractivity contribution in [3.63, 3.8) is 0 Å². The standard InChI is InChI=1S/C32H37N3O9/c1-34(2)24-20-13-16-12-19-22(26(37)21(16)29(39)32(20,42)30(40)23(27(24)38)31(33)41)25(36)18-11-15(14-35-7-4-8-35)5-6-17(18)28(19)44-10-9-43-3/h5-6,11,16,20,24,36,38-39,42H,4,7-10,12-14H2,1-3H3,(H2,33,41)/t16-,20-,24-,32-/m0/s1. The Balaban J connectivity index is 1.54. The largest absolute Gasteiger partial charge is 0.510 e. The highest BCUT2D eigenvalue weighted by Gasteiger charge is 2.63. The minimum absolute atomic E-state index is 0.00313. The summed E-state index contributed by atoms with van der Waals surface area (Å²) in [7, 11) is 4.73. The number of fused-ring (bicyclic) bond motifs is 4. The lowest BCUT2D eigenvalue weighted by atomic mass is 9.58. The number of rotatable bonds is 8. The van der Waals surface area contributed by atoms with Crippen LogP contribution in [-0.2, 0) is 27.3 Å². The van der Waals surface area contributed by atoms with E-state index >= 15 is 0 Å². The summed E-state index contributed by atoms with van der Waals surface area (Å²) in [5, 5.41) is 47.1. The van der Waals surface area contributed by atoms with Gasteiger partial charge in [-0.05, 0) is 64.0 Å². The van der Waals surface area contributed by atoms with Crippen molar-refractivity contribution in [3.8, 4) is 11.5 Å². The summed E-state index contributed by atoms with van der Waals surface area (Å²) in [6.45, 7) is 3.10. The SMILES string of the molecule is COCCOc1c2c(c(O)c3cc(CN4CCC4)ccc13)C(=O)C1=C(O)[C@]3(O)C(=O)C(C(N)=O)=C(O)[C@@H](N(C)C)[C@@H]3C[C@@H]1C2. The number of benzene rings is 2. The molecule has 6 rings (SSSR count). The lowest BCUT2D eigenvalue weighted by Crippen LogP contribution is -2.63. The number of primary amides is 1. The molecule has 0 bridgehead atoms. The van der Waals surface area contributed by atoms with Crippen LogP contribution in [0.15, 0.2) is 40.9 Å². The Bertz CT molecular complexity index is 1660. The van der Waals surface area contributed by atoms with Gasteiger partial charge in [0.1, 0.15) is 35.2 Å². The zero-order valence-electron chi connectivity index (χ0n) is 24.9. The predicted octanol–water partition coefficient (Wildman–Crippen LogP) is 1.50. The van der Waals surface area contributed by atoms with Crippen LogP contribution in [0.25, 0.3) is 10.8 Å². The number of carbonyl (C=O) groups excluding carboxylic acids is 3. The molecular weight excluding hydrogens is 570 g/mol. The maximum absolute atomic E-state index is 14.3. The van der Waals surface area contributed by atoms with Crippen molar-refractivity contribution in [2.45, 2.75) is 37.5 Å². The molecule has 1 fully saturated rings. The number of hydrogen-bond acceptors (Lipinski definition) is 11. The highest BCUT2D eigenvalue weighted by Crippen LogP contribution is 2.54. The number of likely N-dealkylation sites (N-methyl/N-ethyl adjacent to an activating group) is 1. The number of hydrogen-bond donors (Lipinski definition) is 5. The first-order valence-corrected chi connectivity index (χ1v) is 14.7. The molecule has 2 aromatic carbocycles. The van der Waals surface area contributed by atoms with Crippen LogP contribution in [0.2, 0.25) is 0 Å². The summed E-state index contributed by atoms with van der Waals surface area (Å²) in [5.41, 5.74) is 2.99. The van der Waals surface area contributed by atoms with Gasteiger partial charge in [-0.15, -0.1) is 0 Å². The van der Waals surface area contributed by atoms with Crippen molar-refractivity contribution in [2.24, 2.45) is 17.6 Å². The number of aliphatic hydroxyl groups is 3. The van der Waals surface area contributed by atoms with Crippen molar-refractivity contribution < 1.29 is 44.3 Å². The zero-order chi connectivity index (χ0) is 31.7. The number of amides is 1. The van der Waals surface area contributed by atoms with E-state index in [2.05, 4.69) is 4.90 Å². The number of likely N-dealkylation sites (tertiary alicyclic amines) is 1. The van der Waals surface area contributed by atoms with Crippen LogP contribution < -0.4 is 10.5 Å². The number of nitrogens with zero attached hydrogens (tertiary/aromatic N) is 2. The van der Waals surface area contributed by atoms with Gasteiger partial charge in [0.05, 0.1) is 18.2 Å². The van der Waals surface area contributed by atoms with Gasteiger partial charge in [-0.2, -0.15) is 0 Å². The number of nitrogens with two attached hydrogens (primary N) is 1. The molecule has 4 atom stereocenters. The molecule has 234 valence electrons. The van der Waals surface area contributed by atoms with Gasteiger partial charge in [0.25, 0.3) is 5.91 Å². The fourth-order valence-electron chi connectivity index (χ4n) is 7.42. The minimum Gasteiger partial charge on any atom is -0.510 e. The lowest BCUT2D eigenvalue weighted by Gasteiger charge is -2.50. The van der Waals surface area contributed by atoms with E-state index in [1.807, 2.05) is 18.2 Å². The van der Waals surface area contributed by atoms with E-state index < -0.39 is 58.0 Å². The molecule has 0 radical (unpaired) electrons. The lowest BCUT2D eigenvalue weighted by molar-refractivity contribution is -0.148. The van der Waals surface area contributed by atoms with Crippen LogP contribution >= 0.6 is 0 Å². The van der Waals surface area contributed by atoms with Gasteiger partial charge in [-0.25, -0.2) is 0 Å². The molecule has 12 nitrogen and oxygen atoms in total. The van der Waals surface area contributed by atoms with Gasteiger partial charge in [0.2, 0.25) is 5.78 Å². The van der Waals surface area contributed by atoms with Gasteiger partial charge in [-0.1, -0.05) is 12.1 Å². The number of Topliss-reactive ketones (excluding diaryl/α,β-unsaturated/α-hetero) is 2. The second kappa shape index (κ2) is 10.9. The van der Waals surface area contributed by atoms with Crippen molar-refractivity contribution in [1.82, 2.24) is 9.80 Å². The summed E-state index contributed by atoms with van der Waals surface area (Å²) in [4.78, 5) is 43.9. The molecule has 1 heterocycles. The van der Waals surface area contributed by atoms with Gasteiger partial charge in [0, 0.05) is 41.5 Å². The summed E-state index contributed by atoms with van der Waals surface area (Å²) in [6, 6.07) is 4.60. The molecule has 1 saturated heterocycles. The van der Waals surface area contributed by atoms with Gasteiger partial charge >= 0.3 is 0 Å². The first kappa shape index (κ1) is 30.1. The Labute approximate surface area is 253 Å². The topological polar surface area (TPSA) is 183 Å². The molecule has 1 amide bonds. The van der Waals surface area contributed by atoms with Crippen LogP contribution in [0.1, 0.15) is 34.3 Å². The van der Waals surface area contributed by atoms with Crippen molar-refractivity contribution in [1.29, 1.82) is 0 Å². The minimum atomic E-state index is -2.70. The van der Waals surface area contributed by atoms with Crippen LogP contribution in [0.4, 0.5) is 0 Å². The van der Waals surface area contributed by atoms with E-state index in [-0.39, 0.29) is 42.9 Å². The maximum atomic E-state index is 14.3. The fourth-order valence-corrected chi connectivity index (χ4v) is 7.42. The molecule has 0 unspecified atom stereocenters. The first-order valence-electron chi connectivity index (χ1n) is 14.7. The third-order valence-corrected chi connectivity index (χ3v) is 9.60. The normalized spacial score (nSPS) is 26.9. The number of aromatic hydroxyl groups is 1. The van der Waals surface area contributed by atoms with Crippen molar-refractivity contribution in [2.75, 3.05) is 47.5 Å². The first-order chi connectivity index (χ1) is 20.9. The fraction of sp³-hybridized carbons (Fsp3) is 0.469. The van der Waals surface area contributed by atoms with Gasteiger partial charge in [-0.3, -0.25) is 24.2 Å². The van der Waals surface area contributed by atoms with Crippen molar-refractivity contribution in [3.05, 3.63) is 57.6 Å². The predicted molar refractivity (Wildman–Crippen MR) is 158 cm³/mol. The monoisotopic (exact) mass is 607 g/mol. The average molecular weight is 608 g/mol. The zero-order valence-corrected chi connectivity index (χ0v) is 24.9. The number of phenolic OH excluding ortho intramolecular Hbond substituents is 1. The molecule has 0 saturated carbocycles. The highest BCUT2D eigenvalue weighted by molar-refractivity contribution is 6.25. The molecular formula is C32H37N3O9. The number of phenols is 1. The molecule has 44 heavy (non-hydrogen) atoms. The smallest absolute Gasteiger partial charge is 0.255 e. The number of aliphatic hydroxyl groups excluding tert-OH is 2. The number of ketones is 2. The summed E-state index contributed by atoms with van der Waals surface area (Å²) in [5.74, 6) is -6.47. The number of ether oxygens (including phenoxy) is 2. The van der Waals surface area contributed by atoms with Gasteiger partial charge in [0.15, 0.2) is 11.4 Å². The maximum Gasteiger partial charge on any atom is 0.255 e. The van der Waals surface area contributed by atoms with E-state index in [9.17, 15) is 34.8 Å². The number of carbonyl (C=O) groups is 3. The van der Waals surface area contributed by atoms with E-state index in [4.69, 9.17) is 15.2 Å². The second-order valence-corrected chi connectivity index (χ2v) is 12.3. The molecule has 6 N–H and O–H groups in total. The average Bonchev–Trinajstić information content (AvgIpc) is 2.94. The van der Waals surface area contributed by atoms with E-state index in [0.29, 0.717) is 28.6 Å². The molecule has 12 heteroatoms. The third-order valence-electron chi connectivity index (χ3n) is 9.60. The Morgan fingerprint density at radius 2 is 1.86 bits per heavy atom. The summed E-state index contributed by atoms with van der Waals surface area (Å²) < 4.78 is 11.4. The highest BCUT2D eigenvalue weighted by atomic mass is 16.5. The number of methoxy groups -OCH3 is 1. The van der Waals surface area contributed by atoms with E-state index in [0.717, 1.165) is 25.1 Å². The number of allylic oxidation sites excluding steroid dienone is 1. The van der Waals surface area contributed by atoms with Crippen LogP contribution in [0, 0.1) is 11.8 Å². The van der Waals surface area contributed by atoms with Crippen LogP contribution in [-0.4, -0.2) is 107 Å². The van der Waals surface area contributed by atoms with Crippen molar-refractivity contribution >= 4 is 28.2 Å². The molecule has 2 aromatic rings. The Kier molecular flexibility index (Phi) is 7.44. The summed E-state index contributed by atoms with van der Waals surface area (Å²) in [6.07, 6.45) is 1.26. The van der Waals surface area contributed by atoms with E-state index in [1.54, 1.807) is 21.2 Å². The third kappa shape index (κ3) is 4.31. The molecule has 4 aliphatic rings. The Morgan fingerprint density at radius 3 is 2.48 bits per heavy atom. The van der Waals surface area contributed by atoms with Crippen LogP contribution in [0.5, 0.6) is 11.5 Å². The molecule has 0 aromatic heterocycles. The molecule has 0 spiro atoms. The van der Waals surface area contributed by atoms with E-state index in [1.165, 1.54) is 4.90 Å². The van der Waals surface area contributed by atoms with Crippen LogP contribution in [0.3, 0.4) is 0 Å². The Morgan fingerprint density at radius 1 is 1.14 bits per heavy atom. The Hall–Kier alpha value is -3.97. The summed E-state index contributed by atoms with van der Waals surface area (Å²) >= 11 is 0. The molecule has 3 aliphatic carbocycles. The van der Waals surface area contributed by atoms with Gasteiger partial charge < -0.3 is 35.6 Å². The quantitative estimate of drug-likeness (QED) is 0.217.